The lowest BCUT2D eigenvalue weighted by atomic mass is 10.2. The summed E-state index contributed by atoms with van der Waals surface area (Å²) in [5, 5.41) is 0. The Morgan fingerprint density at radius 2 is 2.25 bits per heavy atom. The zero-order valence-corrected chi connectivity index (χ0v) is 9.44. The van der Waals surface area contributed by atoms with E-state index in [9.17, 15) is 0 Å². The molecule has 0 bridgehead atoms. The van der Waals surface area contributed by atoms with E-state index in [1.165, 1.54) is 13.0 Å². The third-order valence-corrected chi connectivity index (χ3v) is 2.83. The molecule has 1 heterocycles. The Bertz CT molecular complexity index is 140. The molecular formula is C9H20NOP. The van der Waals surface area contributed by atoms with Crippen LogP contribution in [-0.2, 0) is 4.74 Å². The maximum Gasteiger partial charge on any atom is 0.0625 e. The van der Waals surface area contributed by atoms with E-state index < -0.39 is 0 Å². The van der Waals surface area contributed by atoms with E-state index in [-0.39, 0.29) is 0 Å². The molecule has 72 valence electrons. The Morgan fingerprint density at radius 1 is 1.58 bits per heavy atom. The van der Waals surface area contributed by atoms with Crippen LogP contribution in [0.25, 0.3) is 0 Å². The van der Waals surface area contributed by atoms with Gasteiger partial charge < -0.3 is 9.64 Å². The van der Waals surface area contributed by atoms with Gasteiger partial charge in [-0.3, -0.25) is 0 Å². The standard InChI is InChI=1S/C9H20NOP/c1-7(2)11-6-8-4-9(12)5-10(8)3/h7-9H,4-6,12H2,1-3H3. The van der Waals surface area contributed by atoms with Gasteiger partial charge in [0, 0.05) is 12.6 Å². The first kappa shape index (κ1) is 10.4. The van der Waals surface area contributed by atoms with Gasteiger partial charge in [0.15, 0.2) is 0 Å². The summed E-state index contributed by atoms with van der Waals surface area (Å²) in [6, 6.07) is 0.634. The first-order chi connectivity index (χ1) is 5.59. The van der Waals surface area contributed by atoms with Crippen LogP contribution >= 0.6 is 9.24 Å². The van der Waals surface area contributed by atoms with E-state index in [0.717, 1.165) is 12.3 Å². The fraction of sp³-hybridized carbons (Fsp3) is 1.00. The molecule has 1 rings (SSSR count). The molecule has 1 saturated heterocycles. The van der Waals surface area contributed by atoms with Gasteiger partial charge in [0.05, 0.1) is 12.7 Å². The highest BCUT2D eigenvalue weighted by molar-refractivity contribution is 7.17. The largest absolute Gasteiger partial charge is 0.377 e. The number of likely N-dealkylation sites (N-methyl/N-ethyl adjacent to an activating group) is 1. The van der Waals surface area contributed by atoms with Crippen molar-refractivity contribution in [3.63, 3.8) is 0 Å². The number of hydrogen-bond donors (Lipinski definition) is 0. The second-order valence-corrected chi connectivity index (χ2v) is 4.91. The monoisotopic (exact) mass is 189 g/mol. The van der Waals surface area contributed by atoms with Crippen molar-refractivity contribution in [3.05, 3.63) is 0 Å². The maximum atomic E-state index is 5.59. The van der Waals surface area contributed by atoms with Crippen LogP contribution in [0, 0.1) is 0 Å². The molecular weight excluding hydrogens is 169 g/mol. The number of nitrogens with zero attached hydrogens (tertiary/aromatic N) is 1. The minimum atomic E-state index is 0.363. The van der Waals surface area contributed by atoms with Crippen LogP contribution in [0.3, 0.4) is 0 Å². The molecule has 0 aromatic rings. The predicted molar refractivity (Wildman–Crippen MR) is 55.6 cm³/mol. The van der Waals surface area contributed by atoms with Crippen LogP contribution in [0.2, 0.25) is 0 Å². The van der Waals surface area contributed by atoms with Crippen LogP contribution in [-0.4, -0.2) is 42.9 Å². The van der Waals surface area contributed by atoms with Gasteiger partial charge in [0.2, 0.25) is 0 Å². The summed E-state index contributed by atoms with van der Waals surface area (Å²) in [6.07, 6.45) is 1.62. The highest BCUT2D eigenvalue weighted by atomic mass is 31.0. The van der Waals surface area contributed by atoms with Crippen molar-refractivity contribution in [3.8, 4) is 0 Å². The van der Waals surface area contributed by atoms with Crippen LogP contribution in [0.15, 0.2) is 0 Å². The molecule has 1 fully saturated rings. The second-order valence-electron chi connectivity index (χ2n) is 3.97. The third kappa shape index (κ3) is 3.01. The van der Waals surface area contributed by atoms with Crippen molar-refractivity contribution in [2.45, 2.75) is 38.1 Å². The molecule has 0 saturated carbocycles. The van der Waals surface area contributed by atoms with Crippen molar-refractivity contribution in [2.24, 2.45) is 0 Å². The molecule has 2 nitrogen and oxygen atoms in total. The van der Waals surface area contributed by atoms with Crippen molar-refractivity contribution < 1.29 is 4.74 Å². The molecule has 0 aromatic heterocycles. The van der Waals surface area contributed by atoms with E-state index in [2.05, 4.69) is 35.0 Å². The fourth-order valence-electron chi connectivity index (χ4n) is 1.62. The first-order valence-corrected chi connectivity index (χ1v) is 5.33. The Kier molecular flexibility index (Phi) is 3.95. The van der Waals surface area contributed by atoms with Crippen LogP contribution in [0.4, 0.5) is 0 Å². The molecule has 1 aliphatic heterocycles. The van der Waals surface area contributed by atoms with Gasteiger partial charge in [-0.05, 0) is 33.0 Å². The molecule has 1 aliphatic rings. The van der Waals surface area contributed by atoms with E-state index in [0.29, 0.717) is 12.1 Å². The average Bonchev–Trinajstić information content (AvgIpc) is 2.26. The highest BCUT2D eigenvalue weighted by Crippen LogP contribution is 2.22. The number of rotatable bonds is 3. The van der Waals surface area contributed by atoms with Gasteiger partial charge in [-0.1, -0.05) is 0 Å². The third-order valence-electron chi connectivity index (χ3n) is 2.34. The Labute approximate surface area is 77.9 Å². The van der Waals surface area contributed by atoms with Gasteiger partial charge >= 0.3 is 0 Å². The van der Waals surface area contributed by atoms with Gasteiger partial charge in [-0.2, -0.15) is 0 Å². The number of ether oxygens (including phenoxy) is 1. The summed E-state index contributed by atoms with van der Waals surface area (Å²) < 4.78 is 5.59. The minimum absolute atomic E-state index is 0.363. The van der Waals surface area contributed by atoms with Crippen molar-refractivity contribution in [2.75, 3.05) is 20.2 Å². The lowest BCUT2D eigenvalue weighted by Crippen LogP contribution is -2.30. The quantitative estimate of drug-likeness (QED) is 0.621. The summed E-state index contributed by atoms with van der Waals surface area (Å²) >= 11 is 0. The zero-order chi connectivity index (χ0) is 9.14. The Morgan fingerprint density at radius 3 is 2.67 bits per heavy atom. The topological polar surface area (TPSA) is 12.5 Å². The number of hydrogen-bond acceptors (Lipinski definition) is 2. The molecule has 0 aromatic carbocycles. The van der Waals surface area contributed by atoms with Crippen molar-refractivity contribution >= 4 is 9.24 Å². The molecule has 3 atom stereocenters. The van der Waals surface area contributed by atoms with E-state index in [1.54, 1.807) is 0 Å². The normalized spacial score (nSPS) is 31.8. The van der Waals surface area contributed by atoms with Gasteiger partial charge in [0.1, 0.15) is 0 Å². The van der Waals surface area contributed by atoms with Crippen molar-refractivity contribution in [1.82, 2.24) is 4.90 Å². The minimum Gasteiger partial charge on any atom is -0.377 e. The lowest BCUT2D eigenvalue weighted by molar-refractivity contribution is 0.0432. The summed E-state index contributed by atoms with van der Waals surface area (Å²) in [4.78, 5) is 2.39. The fourth-order valence-corrected chi connectivity index (χ4v) is 2.27. The van der Waals surface area contributed by atoms with Crippen LogP contribution in [0.5, 0.6) is 0 Å². The summed E-state index contributed by atoms with van der Waals surface area (Å²) in [5.41, 5.74) is 0.760. The van der Waals surface area contributed by atoms with Crippen LogP contribution < -0.4 is 0 Å². The maximum absolute atomic E-state index is 5.59. The van der Waals surface area contributed by atoms with Gasteiger partial charge in [-0.25, -0.2) is 0 Å². The van der Waals surface area contributed by atoms with Crippen LogP contribution in [0.1, 0.15) is 20.3 Å². The molecule has 3 heteroatoms. The summed E-state index contributed by atoms with van der Waals surface area (Å²) in [7, 11) is 5.08. The SMILES string of the molecule is CC(C)OCC1CC(P)CN1C. The Hall–Kier alpha value is 0.350. The second kappa shape index (κ2) is 4.55. The lowest BCUT2D eigenvalue weighted by Gasteiger charge is -2.20. The summed E-state index contributed by atoms with van der Waals surface area (Å²) in [6.45, 7) is 6.26. The molecule has 12 heavy (non-hydrogen) atoms. The predicted octanol–water partition coefficient (Wildman–Crippen LogP) is 1.36. The molecule has 3 unspecified atom stereocenters. The van der Waals surface area contributed by atoms with E-state index >= 15 is 0 Å². The number of likely N-dealkylation sites (tertiary alicyclic amines) is 1. The zero-order valence-electron chi connectivity index (χ0n) is 8.29. The van der Waals surface area contributed by atoms with Crippen molar-refractivity contribution in [1.29, 1.82) is 0 Å². The van der Waals surface area contributed by atoms with Gasteiger partial charge in [0.25, 0.3) is 0 Å². The smallest absolute Gasteiger partial charge is 0.0625 e. The van der Waals surface area contributed by atoms with E-state index in [1.807, 2.05) is 0 Å². The van der Waals surface area contributed by atoms with E-state index in [4.69, 9.17) is 4.74 Å². The first-order valence-electron chi connectivity index (χ1n) is 4.67. The summed E-state index contributed by atoms with van der Waals surface area (Å²) in [5.74, 6) is 0. The molecule has 0 radical (unpaired) electrons. The Balaban J connectivity index is 2.23. The highest BCUT2D eigenvalue weighted by Gasteiger charge is 2.26. The molecule has 0 spiro atoms. The van der Waals surface area contributed by atoms with Gasteiger partial charge in [-0.15, -0.1) is 9.24 Å². The molecule has 0 N–H and O–H groups in total. The average molecular weight is 189 g/mol. The molecule has 0 aliphatic carbocycles. The molecule has 0 amide bonds.